The van der Waals surface area contributed by atoms with E-state index in [-0.39, 0.29) is 0 Å². The molecule has 1 heterocycles. The Morgan fingerprint density at radius 3 is 2.50 bits per heavy atom. The minimum absolute atomic E-state index is 0.850. The van der Waals surface area contributed by atoms with Gasteiger partial charge < -0.3 is 4.18 Å². The van der Waals surface area contributed by atoms with Gasteiger partial charge in [0.1, 0.15) is 0 Å². The molecule has 0 amide bonds. The summed E-state index contributed by atoms with van der Waals surface area (Å²) in [6, 6.07) is 0.850. The maximum atomic E-state index is 5.55. The molecule has 3 nitrogen and oxygen atoms in total. The van der Waals surface area contributed by atoms with Crippen LogP contribution in [0.1, 0.15) is 46.0 Å². The highest BCUT2D eigenvalue weighted by atomic mass is 32.2. The van der Waals surface area contributed by atoms with Gasteiger partial charge in [-0.25, -0.2) is 4.31 Å². The van der Waals surface area contributed by atoms with Gasteiger partial charge in [0.2, 0.25) is 0 Å². The first kappa shape index (κ1) is 14.6. The van der Waals surface area contributed by atoms with Crippen molar-refractivity contribution in [2.24, 2.45) is 5.92 Å². The van der Waals surface area contributed by atoms with Gasteiger partial charge in [-0.15, -0.1) is 0 Å². The fourth-order valence-electron chi connectivity index (χ4n) is 3.14. The summed E-state index contributed by atoms with van der Waals surface area (Å²) in [5.41, 5.74) is 0. The van der Waals surface area contributed by atoms with Crippen molar-refractivity contribution in [3.63, 3.8) is 0 Å². The van der Waals surface area contributed by atoms with Gasteiger partial charge in [-0.2, -0.15) is 0 Å². The lowest BCUT2D eigenvalue weighted by Gasteiger charge is -2.42. The third-order valence-electron chi connectivity index (χ3n) is 4.25. The zero-order chi connectivity index (χ0) is 12.8. The van der Waals surface area contributed by atoms with E-state index in [1.807, 2.05) is 0 Å². The molecule has 2 aliphatic rings. The van der Waals surface area contributed by atoms with Crippen LogP contribution in [0.2, 0.25) is 0 Å². The molecule has 0 aromatic carbocycles. The first-order valence-corrected chi connectivity index (χ1v) is 8.29. The van der Waals surface area contributed by atoms with Gasteiger partial charge in [0.15, 0.2) is 0 Å². The zero-order valence-electron chi connectivity index (χ0n) is 11.9. The Balaban J connectivity index is 1.69. The van der Waals surface area contributed by atoms with Crippen molar-refractivity contribution in [1.82, 2.24) is 9.21 Å². The largest absolute Gasteiger partial charge is 0.301 e. The van der Waals surface area contributed by atoms with Crippen LogP contribution in [0.3, 0.4) is 0 Å². The normalized spacial score (nSPS) is 31.7. The van der Waals surface area contributed by atoms with E-state index < -0.39 is 0 Å². The van der Waals surface area contributed by atoms with Crippen molar-refractivity contribution in [2.75, 3.05) is 32.8 Å². The maximum absolute atomic E-state index is 5.55. The topological polar surface area (TPSA) is 15.7 Å². The van der Waals surface area contributed by atoms with Crippen molar-refractivity contribution >= 4 is 12.2 Å². The zero-order valence-corrected chi connectivity index (χ0v) is 12.8. The first-order valence-electron chi connectivity index (χ1n) is 7.60. The summed E-state index contributed by atoms with van der Waals surface area (Å²) >= 11 is 1.58. The van der Waals surface area contributed by atoms with Gasteiger partial charge in [-0.05, 0) is 25.2 Å². The quantitative estimate of drug-likeness (QED) is 0.434. The summed E-state index contributed by atoms with van der Waals surface area (Å²) < 4.78 is 7.92. The highest BCUT2D eigenvalue weighted by Gasteiger charge is 2.29. The molecule has 2 atom stereocenters. The molecule has 0 bridgehead atoms. The molecule has 1 saturated heterocycles. The summed E-state index contributed by atoms with van der Waals surface area (Å²) in [4.78, 5) is 2.72. The predicted octanol–water partition coefficient (Wildman–Crippen LogP) is 3.17. The molecule has 0 spiro atoms. The third-order valence-corrected chi connectivity index (χ3v) is 5.10. The average molecular weight is 272 g/mol. The molecule has 0 aromatic rings. The second-order valence-electron chi connectivity index (χ2n) is 5.69. The van der Waals surface area contributed by atoms with Gasteiger partial charge >= 0.3 is 0 Å². The van der Waals surface area contributed by atoms with Crippen LogP contribution >= 0.6 is 12.2 Å². The molecule has 1 aliphatic carbocycles. The number of nitrogens with zero attached hydrogens (tertiary/aromatic N) is 2. The predicted molar refractivity (Wildman–Crippen MR) is 78.4 cm³/mol. The van der Waals surface area contributed by atoms with E-state index in [9.17, 15) is 0 Å². The molecule has 1 aliphatic heterocycles. The van der Waals surface area contributed by atoms with Crippen molar-refractivity contribution in [2.45, 2.75) is 52.0 Å². The van der Waals surface area contributed by atoms with Gasteiger partial charge in [0.05, 0.1) is 18.8 Å². The lowest BCUT2D eigenvalue weighted by Crippen LogP contribution is -2.51. The van der Waals surface area contributed by atoms with Crippen LogP contribution in [-0.2, 0) is 4.18 Å². The van der Waals surface area contributed by atoms with Gasteiger partial charge in [0.25, 0.3) is 0 Å². The highest BCUT2D eigenvalue weighted by Crippen LogP contribution is 2.29. The monoisotopic (exact) mass is 272 g/mol. The Hall–Kier alpha value is 0.230. The Kier molecular flexibility index (Phi) is 6.29. The number of hydrogen-bond donors (Lipinski definition) is 0. The van der Waals surface area contributed by atoms with Crippen LogP contribution in [0, 0.1) is 5.92 Å². The smallest absolute Gasteiger partial charge is 0.0819 e. The van der Waals surface area contributed by atoms with Crippen LogP contribution in [-0.4, -0.2) is 48.0 Å². The summed E-state index contributed by atoms with van der Waals surface area (Å²) in [5.74, 6) is 0.897. The van der Waals surface area contributed by atoms with Gasteiger partial charge in [-0.1, -0.05) is 26.7 Å². The Labute approximate surface area is 117 Å². The van der Waals surface area contributed by atoms with Gasteiger partial charge in [-0.3, -0.25) is 4.90 Å². The van der Waals surface area contributed by atoms with Crippen LogP contribution in [0.15, 0.2) is 0 Å². The van der Waals surface area contributed by atoms with Crippen LogP contribution in [0.25, 0.3) is 0 Å². The Bertz CT molecular complexity index is 232. The van der Waals surface area contributed by atoms with Gasteiger partial charge in [0, 0.05) is 32.2 Å². The average Bonchev–Trinajstić information content (AvgIpc) is 2.41. The van der Waals surface area contributed by atoms with E-state index in [4.69, 9.17) is 4.18 Å². The lowest BCUT2D eigenvalue weighted by molar-refractivity contribution is 0.0791. The lowest BCUT2D eigenvalue weighted by atomic mass is 9.84. The summed E-state index contributed by atoms with van der Waals surface area (Å²) in [6.45, 7) is 10.2. The Morgan fingerprint density at radius 2 is 1.83 bits per heavy atom. The molecular formula is C14H28N2OS. The first-order chi connectivity index (χ1) is 8.81. The highest BCUT2D eigenvalue weighted by molar-refractivity contribution is 7.92. The summed E-state index contributed by atoms with van der Waals surface area (Å²) in [5, 5.41) is 0. The Morgan fingerprint density at radius 1 is 1.11 bits per heavy atom. The molecule has 0 N–H and O–H groups in total. The van der Waals surface area contributed by atoms with Crippen molar-refractivity contribution in [3.8, 4) is 0 Å². The minimum Gasteiger partial charge on any atom is -0.301 e. The molecule has 106 valence electrons. The van der Waals surface area contributed by atoms with Crippen LogP contribution < -0.4 is 0 Å². The molecule has 18 heavy (non-hydrogen) atoms. The van der Waals surface area contributed by atoms with Crippen molar-refractivity contribution in [1.29, 1.82) is 0 Å². The SMILES string of the molecule is CCCOSN1CCN(C2CCCCC2C)CC1. The van der Waals surface area contributed by atoms with E-state index in [1.54, 1.807) is 12.2 Å². The van der Waals surface area contributed by atoms with E-state index in [0.29, 0.717) is 0 Å². The van der Waals surface area contributed by atoms with E-state index in [1.165, 1.54) is 38.8 Å². The number of piperazine rings is 1. The summed E-state index contributed by atoms with van der Waals surface area (Å²) in [6.07, 6.45) is 6.83. The van der Waals surface area contributed by atoms with Crippen LogP contribution in [0.5, 0.6) is 0 Å². The number of hydrogen-bond acceptors (Lipinski definition) is 4. The number of rotatable bonds is 5. The third kappa shape index (κ3) is 4.12. The van der Waals surface area contributed by atoms with Crippen LogP contribution in [0.4, 0.5) is 0 Å². The van der Waals surface area contributed by atoms with E-state index in [0.717, 1.165) is 38.1 Å². The molecule has 2 fully saturated rings. The standard InChI is InChI=1S/C14H28N2OS/c1-3-12-17-18-16-10-8-15(9-11-16)14-7-5-4-6-13(14)2/h13-14H,3-12H2,1-2H3. The second kappa shape index (κ2) is 7.73. The fraction of sp³-hybridized carbons (Fsp3) is 1.00. The molecule has 2 unspecified atom stereocenters. The second-order valence-corrected chi connectivity index (χ2v) is 6.59. The minimum atomic E-state index is 0.850. The van der Waals surface area contributed by atoms with Crippen molar-refractivity contribution in [3.05, 3.63) is 0 Å². The maximum Gasteiger partial charge on any atom is 0.0819 e. The summed E-state index contributed by atoms with van der Waals surface area (Å²) in [7, 11) is 0. The van der Waals surface area contributed by atoms with E-state index >= 15 is 0 Å². The molecule has 1 saturated carbocycles. The van der Waals surface area contributed by atoms with Crippen molar-refractivity contribution < 1.29 is 4.18 Å². The molecular weight excluding hydrogens is 244 g/mol. The fourth-order valence-corrected chi connectivity index (χ4v) is 3.85. The molecule has 0 radical (unpaired) electrons. The molecule has 2 rings (SSSR count). The molecule has 0 aromatic heterocycles. The molecule has 4 heteroatoms. The van der Waals surface area contributed by atoms with E-state index in [2.05, 4.69) is 23.1 Å².